The van der Waals surface area contributed by atoms with Gasteiger partial charge in [-0.2, -0.15) is 0 Å². The summed E-state index contributed by atoms with van der Waals surface area (Å²) in [7, 11) is 0. The maximum absolute atomic E-state index is 6.35. The number of furan rings is 1. The second-order valence-corrected chi connectivity index (χ2v) is 10.7. The first-order valence-electron chi connectivity index (χ1n) is 14.0. The zero-order valence-electron chi connectivity index (χ0n) is 22.7. The molecule has 0 aliphatic carbocycles. The van der Waals surface area contributed by atoms with E-state index in [1.54, 1.807) is 0 Å². The van der Waals surface area contributed by atoms with Crippen molar-refractivity contribution in [1.82, 2.24) is 0 Å². The number of nitrogens with zero attached hydrogens (tertiary/aromatic N) is 1. The number of para-hydroxylation sites is 1. The molecular formula is C39H27NO. The number of fused-ring (bicyclic) bond motifs is 5. The monoisotopic (exact) mass is 525 g/mol. The highest BCUT2D eigenvalue weighted by atomic mass is 16.3. The van der Waals surface area contributed by atoms with Crippen molar-refractivity contribution in [1.29, 1.82) is 0 Å². The number of benzene rings is 7. The first-order chi connectivity index (χ1) is 20.2. The van der Waals surface area contributed by atoms with Gasteiger partial charge in [-0.05, 0) is 82.1 Å². The molecule has 0 radical (unpaired) electrons. The van der Waals surface area contributed by atoms with E-state index in [2.05, 4.69) is 145 Å². The molecule has 8 aromatic rings. The molecule has 0 unspecified atom stereocenters. The number of hydrogen-bond acceptors (Lipinski definition) is 2. The van der Waals surface area contributed by atoms with Crippen LogP contribution in [0.2, 0.25) is 0 Å². The molecule has 0 saturated heterocycles. The predicted octanol–water partition coefficient (Wildman–Crippen LogP) is 11.3. The smallest absolute Gasteiger partial charge is 0.137 e. The van der Waals surface area contributed by atoms with E-state index in [4.69, 9.17) is 4.42 Å². The van der Waals surface area contributed by atoms with Crippen LogP contribution < -0.4 is 4.90 Å². The Hall–Kier alpha value is -5.34. The Morgan fingerprint density at radius 3 is 2.07 bits per heavy atom. The van der Waals surface area contributed by atoms with Crippen molar-refractivity contribution in [3.8, 4) is 11.1 Å². The van der Waals surface area contributed by atoms with E-state index in [1.165, 1.54) is 38.2 Å². The lowest BCUT2D eigenvalue weighted by Gasteiger charge is -2.29. The Kier molecular flexibility index (Phi) is 5.39. The summed E-state index contributed by atoms with van der Waals surface area (Å²) in [4.78, 5) is 2.41. The molecule has 0 N–H and O–H groups in total. The molecule has 0 aliphatic heterocycles. The minimum atomic E-state index is 0.884. The van der Waals surface area contributed by atoms with Gasteiger partial charge in [0.25, 0.3) is 0 Å². The summed E-state index contributed by atoms with van der Waals surface area (Å²) in [5, 5.41) is 7.14. The first kappa shape index (κ1) is 23.5. The number of anilines is 3. The zero-order valence-corrected chi connectivity index (χ0v) is 22.7. The largest absolute Gasteiger partial charge is 0.456 e. The Labute approximate surface area is 238 Å². The average Bonchev–Trinajstić information content (AvgIpc) is 3.40. The second-order valence-electron chi connectivity index (χ2n) is 10.7. The van der Waals surface area contributed by atoms with Gasteiger partial charge >= 0.3 is 0 Å². The molecule has 0 atom stereocenters. The van der Waals surface area contributed by atoms with Crippen LogP contribution >= 0.6 is 0 Å². The van der Waals surface area contributed by atoms with Crippen LogP contribution in [0.25, 0.3) is 54.6 Å². The molecule has 8 rings (SSSR count). The SMILES string of the molecule is Cc1cccc(N(c2ccc3ccccc3c2-c2ccc3ccccc3c2)c2cccc3oc4ccccc4c23)c1. The van der Waals surface area contributed by atoms with Gasteiger partial charge in [0.2, 0.25) is 0 Å². The van der Waals surface area contributed by atoms with Crippen LogP contribution in [0.5, 0.6) is 0 Å². The molecular weight excluding hydrogens is 498 g/mol. The lowest BCUT2D eigenvalue weighted by atomic mass is 9.93. The summed E-state index contributed by atoms with van der Waals surface area (Å²) in [5.74, 6) is 0. The summed E-state index contributed by atoms with van der Waals surface area (Å²) in [6.07, 6.45) is 0. The fraction of sp³-hybridized carbons (Fsp3) is 0.0256. The van der Waals surface area contributed by atoms with Crippen molar-refractivity contribution in [3.63, 3.8) is 0 Å². The van der Waals surface area contributed by atoms with Crippen LogP contribution in [0.3, 0.4) is 0 Å². The molecule has 41 heavy (non-hydrogen) atoms. The number of aryl methyl sites for hydroxylation is 1. The van der Waals surface area contributed by atoms with E-state index in [0.717, 1.165) is 39.0 Å². The highest BCUT2D eigenvalue weighted by molar-refractivity contribution is 6.15. The number of hydrogen-bond donors (Lipinski definition) is 0. The Morgan fingerprint density at radius 1 is 0.488 bits per heavy atom. The van der Waals surface area contributed by atoms with E-state index >= 15 is 0 Å². The van der Waals surface area contributed by atoms with Gasteiger partial charge < -0.3 is 9.32 Å². The molecule has 1 heterocycles. The zero-order chi connectivity index (χ0) is 27.3. The Bertz CT molecular complexity index is 2240. The molecule has 2 nitrogen and oxygen atoms in total. The van der Waals surface area contributed by atoms with E-state index in [-0.39, 0.29) is 0 Å². The van der Waals surface area contributed by atoms with Gasteiger partial charge in [0.05, 0.1) is 16.8 Å². The Balaban J connectivity index is 1.50. The van der Waals surface area contributed by atoms with Crippen molar-refractivity contribution in [2.75, 3.05) is 4.90 Å². The minimum Gasteiger partial charge on any atom is -0.456 e. The van der Waals surface area contributed by atoms with Gasteiger partial charge in [-0.3, -0.25) is 0 Å². The summed E-state index contributed by atoms with van der Waals surface area (Å²) in [6, 6.07) is 52.1. The van der Waals surface area contributed by atoms with Crippen molar-refractivity contribution in [2.24, 2.45) is 0 Å². The maximum Gasteiger partial charge on any atom is 0.137 e. The van der Waals surface area contributed by atoms with Gasteiger partial charge in [0.1, 0.15) is 11.2 Å². The van der Waals surface area contributed by atoms with Crippen molar-refractivity contribution < 1.29 is 4.42 Å². The fourth-order valence-corrected chi connectivity index (χ4v) is 6.21. The van der Waals surface area contributed by atoms with E-state index in [0.29, 0.717) is 0 Å². The molecule has 0 bridgehead atoms. The molecule has 194 valence electrons. The van der Waals surface area contributed by atoms with Crippen LogP contribution in [0.4, 0.5) is 17.1 Å². The standard InChI is InChI=1S/C39H27NO/c1-26-10-8-14-31(24-26)40(34-17-9-19-37-39(34)33-16-6-7-18-36(33)41-37)35-23-22-28-12-4-5-15-32(28)38(35)30-21-20-27-11-2-3-13-29(27)25-30/h2-25H,1H3. The maximum atomic E-state index is 6.35. The summed E-state index contributed by atoms with van der Waals surface area (Å²) in [6.45, 7) is 2.15. The fourth-order valence-electron chi connectivity index (χ4n) is 6.21. The quantitative estimate of drug-likeness (QED) is 0.227. The molecule has 0 amide bonds. The molecule has 0 saturated carbocycles. The number of rotatable bonds is 4. The van der Waals surface area contributed by atoms with Crippen molar-refractivity contribution >= 4 is 60.5 Å². The van der Waals surface area contributed by atoms with E-state index < -0.39 is 0 Å². The highest BCUT2D eigenvalue weighted by Gasteiger charge is 2.23. The molecule has 0 spiro atoms. The minimum absolute atomic E-state index is 0.884. The van der Waals surface area contributed by atoms with Crippen molar-refractivity contribution in [2.45, 2.75) is 6.92 Å². The third-order valence-electron chi connectivity index (χ3n) is 8.07. The van der Waals surface area contributed by atoms with Crippen LogP contribution in [0.1, 0.15) is 5.56 Å². The van der Waals surface area contributed by atoms with Crippen LogP contribution in [0.15, 0.2) is 150 Å². The van der Waals surface area contributed by atoms with Crippen LogP contribution in [0, 0.1) is 6.92 Å². The molecule has 7 aromatic carbocycles. The predicted molar refractivity (Wildman–Crippen MR) is 174 cm³/mol. The van der Waals surface area contributed by atoms with E-state index in [1.807, 2.05) is 12.1 Å². The molecule has 2 heteroatoms. The summed E-state index contributed by atoms with van der Waals surface area (Å²) in [5.41, 5.74) is 8.72. The van der Waals surface area contributed by atoms with Crippen LogP contribution in [-0.2, 0) is 0 Å². The second kappa shape index (κ2) is 9.39. The Morgan fingerprint density at radius 2 is 1.20 bits per heavy atom. The van der Waals surface area contributed by atoms with Gasteiger partial charge in [-0.1, -0.05) is 103 Å². The third-order valence-corrected chi connectivity index (χ3v) is 8.07. The topological polar surface area (TPSA) is 16.4 Å². The molecule has 1 aromatic heterocycles. The lowest BCUT2D eigenvalue weighted by molar-refractivity contribution is 0.669. The normalized spacial score (nSPS) is 11.5. The average molecular weight is 526 g/mol. The summed E-state index contributed by atoms with van der Waals surface area (Å²) >= 11 is 0. The molecule has 0 aliphatic rings. The van der Waals surface area contributed by atoms with E-state index in [9.17, 15) is 0 Å². The van der Waals surface area contributed by atoms with Gasteiger partial charge in [-0.15, -0.1) is 0 Å². The third kappa shape index (κ3) is 3.88. The first-order valence-corrected chi connectivity index (χ1v) is 14.0. The van der Waals surface area contributed by atoms with Gasteiger partial charge in [0.15, 0.2) is 0 Å². The lowest BCUT2D eigenvalue weighted by Crippen LogP contribution is -2.12. The van der Waals surface area contributed by atoms with Crippen molar-refractivity contribution in [3.05, 3.63) is 151 Å². The highest BCUT2D eigenvalue weighted by Crippen LogP contribution is 2.48. The van der Waals surface area contributed by atoms with Crippen LogP contribution in [-0.4, -0.2) is 0 Å². The van der Waals surface area contributed by atoms with Gasteiger partial charge in [0, 0.05) is 16.6 Å². The van der Waals surface area contributed by atoms with Gasteiger partial charge in [-0.25, -0.2) is 0 Å². The summed E-state index contributed by atoms with van der Waals surface area (Å²) < 4.78 is 6.35. The molecule has 0 fully saturated rings.